The molecule has 6 heteroatoms. The molecule has 2 rings (SSSR count). The molecule has 26 heavy (non-hydrogen) atoms. The minimum atomic E-state index is 0. The molecule has 2 aromatic rings. The third-order valence-corrected chi connectivity index (χ3v) is 3.75. The molecule has 0 aliphatic heterocycles. The predicted molar refractivity (Wildman–Crippen MR) is 117 cm³/mol. The molecular formula is C20H28IN3O2. The molecule has 0 saturated heterocycles. The summed E-state index contributed by atoms with van der Waals surface area (Å²) in [6.07, 6.45) is 0. The molecule has 0 unspecified atom stereocenters. The van der Waals surface area contributed by atoms with Gasteiger partial charge < -0.3 is 20.1 Å². The van der Waals surface area contributed by atoms with E-state index in [9.17, 15) is 0 Å². The van der Waals surface area contributed by atoms with Crippen molar-refractivity contribution in [2.75, 3.05) is 27.3 Å². The molecule has 142 valence electrons. The monoisotopic (exact) mass is 469 g/mol. The normalized spacial score (nSPS) is 10.8. The lowest BCUT2D eigenvalue weighted by Crippen LogP contribution is -2.38. The van der Waals surface area contributed by atoms with Gasteiger partial charge in [-0.2, -0.15) is 0 Å². The van der Waals surface area contributed by atoms with E-state index in [4.69, 9.17) is 9.47 Å². The number of methoxy groups -OCH3 is 1. The van der Waals surface area contributed by atoms with Crippen molar-refractivity contribution in [3.05, 3.63) is 65.2 Å². The quantitative estimate of drug-likeness (QED) is 0.269. The zero-order valence-electron chi connectivity index (χ0n) is 15.6. The number of aryl methyl sites for hydroxylation is 1. The van der Waals surface area contributed by atoms with Crippen molar-refractivity contribution in [1.29, 1.82) is 0 Å². The van der Waals surface area contributed by atoms with Crippen molar-refractivity contribution in [2.45, 2.75) is 20.1 Å². The lowest BCUT2D eigenvalue weighted by Gasteiger charge is -2.13. The Labute approximate surface area is 173 Å². The Morgan fingerprint density at radius 3 is 2.62 bits per heavy atom. The smallest absolute Gasteiger partial charge is 0.191 e. The van der Waals surface area contributed by atoms with Crippen molar-refractivity contribution in [3.63, 3.8) is 0 Å². The number of hydrogen-bond donors (Lipinski definition) is 2. The number of para-hydroxylation sites is 1. The van der Waals surface area contributed by atoms with E-state index in [0.29, 0.717) is 19.8 Å². The van der Waals surface area contributed by atoms with Crippen molar-refractivity contribution in [2.24, 2.45) is 4.99 Å². The Bertz CT molecular complexity index is 692. The van der Waals surface area contributed by atoms with Gasteiger partial charge in [0.05, 0.1) is 20.3 Å². The summed E-state index contributed by atoms with van der Waals surface area (Å²) in [6, 6.07) is 16.3. The molecule has 0 spiro atoms. The minimum Gasteiger partial charge on any atom is -0.496 e. The van der Waals surface area contributed by atoms with E-state index in [2.05, 4.69) is 46.8 Å². The van der Waals surface area contributed by atoms with Gasteiger partial charge in [0.25, 0.3) is 0 Å². The van der Waals surface area contributed by atoms with Gasteiger partial charge in [0.1, 0.15) is 5.75 Å². The topological polar surface area (TPSA) is 54.9 Å². The highest BCUT2D eigenvalue weighted by Crippen LogP contribution is 2.17. The van der Waals surface area contributed by atoms with Gasteiger partial charge in [0, 0.05) is 25.7 Å². The summed E-state index contributed by atoms with van der Waals surface area (Å²) < 4.78 is 11.0. The number of rotatable bonds is 8. The maximum Gasteiger partial charge on any atom is 0.191 e. The molecule has 2 aromatic carbocycles. The highest BCUT2D eigenvalue weighted by atomic mass is 127. The van der Waals surface area contributed by atoms with Crippen LogP contribution in [0.1, 0.15) is 16.7 Å². The highest BCUT2D eigenvalue weighted by Gasteiger charge is 2.02. The van der Waals surface area contributed by atoms with Crippen molar-refractivity contribution >= 4 is 29.9 Å². The van der Waals surface area contributed by atoms with Crippen LogP contribution in [0.15, 0.2) is 53.5 Å². The van der Waals surface area contributed by atoms with Gasteiger partial charge in [-0.15, -0.1) is 24.0 Å². The Morgan fingerprint density at radius 2 is 1.88 bits per heavy atom. The maximum absolute atomic E-state index is 5.71. The molecule has 0 saturated carbocycles. The van der Waals surface area contributed by atoms with E-state index in [1.807, 2.05) is 24.3 Å². The third-order valence-electron chi connectivity index (χ3n) is 3.75. The molecule has 0 aliphatic rings. The first kappa shape index (κ1) is 22.2. The molecule has 0 fully saturated rings. The Balaban J connectivity index is 0.00000338. The van der Waals surface area contributed by atoms with Crippen LogP contribution in [-0.4, -0.2) is 33.3 Å². The Hall–Kier alpha value is -1.80. The first-order valence-electron chi connectivity index (χ1n) is 8.42. The van der Waals surface area contributed by atoms with Crippen LogP contribution in [0.2, 0.25) is 0 Å². The number of aliphatic imine (C=N–C) groups is 1. The van der Waals surface area contributed by atoms with Gasteiger partial charge in [-0.3, -0.25) is 4.99 Å². The largest absolute Gasteiger partial charge is 0.496 e. The highest BCUT2D eigenvalue weighted by molar-refractivity contribution is 14.0. The molecule has 0 radical (unpaired) electrons. The molecule has 5 nitrogen and oxygen atoms in total. The molecule has 0 aliphatic carbocycles. The van der Waals surface area contributed by atoms with E-state index in [1.165, 1.54) is 11.1 Å². The maximum atomic E-state index is 5.71. The fourth-order valence-electron chi connectivity index (χ4n) is 2.47. The summed E-state index contributed by atoms with van der Waals surface area (Å²) in [6.45, 7) is 4.63. The van der Waals surface area contributed by atoms with Gasteiger partial charge >= 0.3 is 0 Å². The average molecular weight is 469 g/mol. The van der Waals surface area contributed by atoms with Gasteiger partial charge in [-0.25, -0.2) is 0 Å². The first-order chi connectivity index (χ1) is 12.2. The van der Waals surface area contributed by atoms with Crippen molar-refractivity contribution in [1.82, 2.24) is 10.6 Å². The second-order valence-corrected chi connectivity index (χ2v) is 5.71. The SMILES string of the molecule is CN=C(NCCOCc1ccccc1OC)NCc1cccc(C)c1.I. The zero-order chi connectivity index (χ0) is 17.9. The fourth-order valence-corrected chi connectivity index (χ4v) is 2.47. The summed E-state index contributed by atoms with van der Waals surface area (Å²) in [5.74, 6) is 1.62. The first-order valence-corrected chi connectivity index (χ1v) is 8.42. The minimum absolute atomic E-state index is 0. The number of hydrogen-bond acceptors (Lipinski definition) is 3. The predicted octanol–water partition coefficient (Wildman–Crippen LogP) is 3.50. The summed E-state index contributed by atoms with van der Waals surface area (Å²) in [4.78, 5) is 4.23. The van der Waals surface area contributed by atoms with E-state index < -0.39 is 0 Å². The summed E-state index contributed by atoms with van der Waals surface area (Å²) >= 11 is 0. The van der Waals surface area contributed by atoms with Crippen LogP contribution < -0.4 is 15.4 Å². The molecule has 0 bridgehead atoms. The summed E-state index contributed by atoms with van der Waals surface area (Å²) in [5, 5.41) is 6.55. The van der Waals surface area contributed by atoms with Crippen LogP contribution in [0.4, 0.5) is 0 Å². The number of ether oxygens (including phenoxy) is 2. The number of nitrogens with zero attached hydrogens (tertiary/aromatic N) is 1. The van der Waals surface area contributed by atoms with Crippen LogP contribution in [0.3, 0.4) is 0 Å². The molecule has 0 amide bonds. The van der Waals surface area contributed by atoms with Crippen LogP contribution in [-0.2, 0) is 17.9 Å². The van der Waals surface area contributed by atoms with E-state index >= 15 is 0 Å². The lowest BCUT2D eigenvalue weighted by molar-refractivity contribution is 0.123. The zero-order valence-corrected chi connectivity index (χ0v) is 17.9. The fraction of sp³-hybridized carbons (Fsp3) is 0.350. The van der Waals surface area contributed by atoms with Crippen molar-refractivity contribution < 1.29 is 9.47 Å². The van der Waals surface area contributed by atoms with Crippen LogP contribution >= 0.6 is 24.0 Å². The second-order valence-electron chi connectivity index (χ2n) is 5.71. The van der Waals surface area contributed by atoms with Crippen LogP contribution in [0.25, 0.3) is 0 Å². The number of halogens is 1. The summed E-state index contributed by atoms with van der Waals surface area (Å²) in [5.41, 5.74) is 3.54. The lowest BCUT2D eigenvalue weighted by atomic mass is 10.1. The van der Waals surface area contributed by atoms with Crippen molar-refractivity contribution in [3.8, 4) is 5.75 Å². The van der Waals surface area contributed by atoms with Gasteiger partial charge in [-0.05, 0) is 18.6 Å². The summed E-state index contributed by atoms with van der Waals surface area (Å²) in [7, 11) is 3.44. The Morgan fingerprint density at radius 1 is 1.08 bits per heavy atom. The standard InChI is InChI=1S/C20H27N3O2.HI/c1-16-7-6-8-17(13-16)14-23-20(21-2)22-11-12-25-15-18-9-4-5-10-19(18)24-3;/h4-10,13H,11-12,14-15H2,1-3H3,(H2,21,22,23);1H. The average Bonchev–Trinajstić information content (AvgIpc) is 2.64. The number of guanidine groups is 1. The van der Waals surface area contributed by atoms with Gasteiger partial charge in [0.15, 0.2) is 5.96 Å². The number of nitrogens with one attached hydrogen (secondary N) is 2. The number of benzene rings is 2. The molecule has 2 N–H and O–H groups in total. The molecule has 0 aromatic heterocycles. The second kappa shape index (κ2) is 12.5. The molecule has 0 atom stereocenters. The van der Waals surface area contributed by atoms with Crippen LogP contribution in [0.5, 0.6) is 5.75 Å². The Kier molecular flexibility index (Phi) is 10.7. The van der Waals surface area contributed by atoms with Crippen LogP contribution in [0, 0.1) is 6.92 Å². The molecule has 0 heterocycles. The van der Waals surface area contributed by atoms with Gasteiger partial charge in [0.2, 0.25) is 0 Å². The molecular weight excluding hydrogens is 441 g/mol. The van der Waals surface area contributed by atoms with E-state index in [0.717, 1.165) is 23.8 Å². The third kappa shape index (κ3) is 7.61. The van der Waals surface area contributed by atoms with Gasteiger partial charge in [-0.1, -0.05) is 48.0 Å². The van der Waals surface area contributed by atoms with E-state index in [1.54, 1.807) is 14.2 Å². The van der Waals surface area contributed by atoms with E-state index in [-0.39, 0.29) is 24.0 Å².